The quantitative estimate of drug-likeness (QED) is 0.482. The third kappa shape index (κ3) is 2.87. The molecule has 2 aromatic heterocycles. The fourth-order valence-corrected chi connectivity index (χ4v) is 3.79. The summed E-state index contributed by atoms with van der Waals surface area (Å²) in [5, 5.41) is 0. The molecule has 0 radical (unpaired) electrons. The van der Waals surface area contributed by atoms with Crippen molar-refractivity contribution < 1.29 is 18.7 Å². The number of carbonyl (C=O) groups excluding carboxylic acids is 2. The fraction of sp³-hybridized carbons (Fsp3) is 0.381. The molecule has 146 valence electrons. The average Bonchev–Trinajstić information content (AvgIpc) is 3.34. The molecule has 1 amide bonds. The Morgan fingerprint density at radius 3 is 2.75 bits per heavy atom. The highest BCUT2D eigenvalue weighted by Gasteiger charge is 2.48. The summed E-state index contributed by atoms with van der Waals surface area (Å²) in [5.74, 6) is -0.782. The number of anilines is 1. The molecule has 7 nitrogen and oxygen atoms in total. The van der Waals surface area contributed by atoms with Crippen LogP contribution in [-0.4, -0.2) is 34.6 Å². The van der Waals surface area contributed by atoms with Crippen molar-refractivity contribution in [1.82, 2.24) is 9.55 Å². The van der Waals surface area contributed by atoms with Crippen LogP contribution in [-0.2, 0) is 14.3 Å². The average molecular weight is 381 g/mol. The Morgan fingerprint density at radius 1 is 1.21 bits per heavy atom. The predicted molar refractivity (Wildman–Crippen MR) is 104 cm³/mol. The first-order chi connectivity index (χ1) is 13.7. The predicted octanol–water partition coefficient (Wildman–Crippen LogP) is 3.54. The van der Waals surface area contributed by atoms with E-state index < -0.39 is 17.9 Å². The number of furan rings is 1. The summed E-state index contributed by atoms with van der Waals surface area (Å²) in [7, 11) is 0. The van der Waals surface area contributed by atoms with Gasteiger partial charge in [0.05, 0.1) is 23.9 Å². The van der Waals surface area contributed by atoms with Gasteiger partial charge in [0.25, 0.3) is 0 Å². The van der Waals surface area contributed by atoms with Crippen LogP contribution in [0.4, 0.5) is 5.95 Å². The topological polar surface area (TPSA) is 77.6 Å². The number of imidazole rings is 1. The van der Waals surface area contributed by atoms with E-state index >= 15 is 0 Å². The minimum Gasteiger partial charge on any atom is -0.467 e. The lowest BCUT2D eigenvalue weighted by Crippen LogP contribution is -2.50. The first-order valence-corrected chi connectivity index (χ1v) is 9.65. The summed E-state index contributed by atoms with van der Waals surface area (Å²) in [4.78, 5) is 32.6. The summed E-state index contributed by atoms with van der Waals surface area (Å²) in [6.07, 6.45) is 3.29. The van der Waals surface area contributed by atoms with E-state index in [2.05, 4.69) is 6.92 Å². The molecule has 1 aromatic carbocycles. The summed E-state index contributed by atoms with van der Waals surface area (Å²) in [6, 6.07) is 10.6. The summed E-state index contributed by atoms with van der Waals surface area (Å²) >= 11 is 0. The van der Waals surface area contributed by atoms with Gasteiger partial charge in [-0.15, -0.1) is 0 Å². The maximum atomic E-state index is 13.4. The number of amides is 1. The standard InChI is InChI=1S/C21H23N3O4/c1-3-5-12-23-19(25)17(20(26)27-4-2)18(16-11-8-13-28-16)24-15-10-7-6-9-14(15)22-21(23)24/h6-11,13,17-18H,3-5,12H2,1-2H3. The Kier molecular flexibility index (Phi) is 4.90. The number of aromatic nitrogens is 2. The van der Waals surface area contributed by atoms with Gasteiger partial charge >= 0.3 is 5.97 Å². The third-order valence-corrected chi connectivity index (χ3v) is 5.06. The Labute approximate surface area is 162 Å². The number of esters is 1. The highest BCUT2D eigenvalue weighted by molar-refractivity contribution is 6.08. The highest BCUT2D eigenvalue weighted by atomic mass is 16.5. The first kappa shape index (κ1) is 18.3. The smallest absolute Gasteiger partial charge is 0.321 e. The number of para-hydroxylation sites is 2. The number of hydrogen-bond acceptors (Lipinski definition) is 5. The third-order valence-electron chi connectivity index (χ3n) is 5.06. The van der Waals surface area contributed by atoms with Gasteiger partial charge in [0.1, 0.15) is 11.8 Å². The molecular formula is C21H23N3O4. The molecule has 0 bridgehead atoms. The Hall–Kier alpha value is -3.09. The van der Waals surface area contributed by atoms with Gasteiger partial charge in [0, 0.05) is 6.54 Å². The van der Waals surface area contributed by atoms with Gasteiger partial charge in [-0.05, 0) is 37.6 Å². The van der Waals surface area contributed by atoms with Crippen molar-refractivity contribution in [2.45, 2.75) is 32.7 Å². The zero-order valence-electron chi connectivity index (χ0n) is 16.0. The number of ether oxygens (including phenoxy) is 1. The largest absolute Gasteiger partial charge is 0.467 e. The van der Waals surface area contributed by atoms with E-state index in [1.165, 1.54) is 0 Å². The molecule has 0 N–H and O–H groups in total. The second-order valence-corrected chi connectivity index (χ2v) is 6.80. The van der Waals surface area contributed by atoms with Gasteiger partial charge < -0.3 is 9.15 Å². The molecule has 0 saturated heterocycles. The molecule has 1 aliphatic heterocycles. The van der Waals surface area contributed by atoms with Crippen LogP contribution < -0.4 is 4.90 Å². The minimum atomic E-state index is -1.02. The van der Waals surface area contributed by atoms with Crippen molar-refractivity contribution in [2.75, 3.05) is 18.1 Å². The van der Waals surface area contributed by atoms with Crippen LogP contribution >= 0.6 is 0 Å². The van der Waals surface area contributed by atoms with Crippen molar-refractivity contribution in [2.24, 2.45) is 5.92 Å². The molecule has 0 spiro atoms. The van der Waals surface area contributed by atoms with Gasteiger partial charge in [-0.2, -0.15) is 0 Å². The zero-order chi connectivity index (χ0) is 19.7. The van der Waals surface area contributed by atoms with Crippen LogP contribution in [0.2, 0.25) is 0 Å². The van der Waals surface area contributed by atoms with Crippen LogP contribution in [0.15, 0.2) is 47.1 Å². The number of hydrogen-bond donors (Lipinski definition) is 0. The number of carbonyl (C=O) groups is 2. The van der Waals surface area contributed by atoms with Crippen molar-refractivity contribution in [1.29, 1.82) is 0 Å². The summed E-state index contributed by atoms with van der Waals surface area (Å²) < 4.78 is 12.9. The van der Waals surface area contributed by atoms with E-state index in [1.54, 1.807) is 30.2 Å². The SMILES string of the molecule is CCCCN1C(=O)C(C(=O)OCC)C(c2ccco2)n2c1nc1ccccc12. The molecule has 2 atom stereocenters. The Balaban J connectivity index is 1.95. The maximum absolute atomic E-state index is 13.4. The molecule has 3 heterocycles. The van der Waals surface area contributed by atoms with E-state index in [9.17, 15) is 9.59 Å². The number of unbranched alkanes of at least 4 members (excludes halogenated alkanes) is 1. The fourth-order valence-electron chi connectivity index (χ4n) is 3.79. The number of benzene rings is 1. The molecule has 7 heteroatoms. The number of nitrogens with zero attached hydrogens (tertiary/aromatic N) is 3. The lowest BCUT2D eigenvalue weighted by atomic mass is 9.93. The lowest BCUT2D eigenvalue weighted by Gasteiger charge is -2.36. The normalized spacial score (nSPS) is 19.1. The van der Waals surface area contributed by atoms with E-state index in [0.29, 0.717) is 18.3 Å². The minimum absolute atomic E-state index is 0.208. The summed E-state index contributed by atoms with van der Waals surface area (Å²) in [6.45, 7) is 4.51. The van der Waals surface area contributed by atoms with Crippen LogP contribution in [0.25, 0.3) is 11.0 Å². The second kappa shape index (κ2) is 7.50. The first-order valence-electron chi connectivity index (χ1n) is 9.65. The van der Waals surface area contributed by atoms with Crippen LogP contribution in [0, 0.1) is 5.92 Å². The highest BCUT2D eigenvalue weighted by Crippen LogP contribution is 2.41. The maximum Gasteiger partial charge on any atom is 0.321 e. The van der Waals surface area contributed by atoms with Crippen molar-refractivity contribution in [3.8, 4) is 0 Å². The molecule has 3 aromatic rings. The number of rotatable bonds is 6. The van der Waals surface area contributed by atoms with Crippen molar-refractivity contribution in [3.63, 3.8) is 0 Å². The monoisotopic (exact) mass is 381 g/mol. The van der Waals surface area contributed by atoms with E-state index in [-0.39, 0.29) is 12.5 Å². The van der Waals surface area contributed by atoms with Gasteiger partial charge in [-0.25, -0.2) is 4.98 Å². The Bertz CT molecular complexity index is 992. The van der Waals surface area contributed by atoms with Gasteiger partial charge in [0.15, 0.2) is 5.92 Å². The molecule has 2 unspecified atom stereocenters. The van der Waals surface area contributed by atoms with Crippen molar-refractivity contribution >= 4 is 28.9 Å². The molecule has 1 aliphatic rings. The van der Waals surface area contributed by atoms with E-state index in [0.717, 1.165) is 23.9 Å². The second-order valence-electron chi connectivity index (χ2n) is 6.80. The molecular weight excluding hydrogens is 358 g/mol. The van der Waals surface area contributed by atoms with Gasteiger partial charge in [-0.3, -0.25) is 19.1 Å². The van der Waals surface area contributed by atoms with Gasteiger partial charge in [0.2, 0.25) is 11.9 Å². The van der Waals surface area contributed by atoms with Crippen LogP contribution in [0.5, 0.6) is 0 Å². The molecule has 4 rings (SSSR count). The van der Waals surface area contributed by atoms with Gasteiger partial charge in [-0.1, -0.05) is 25.5 Å². The van der Waals surface area contributed by atoms with E-state index in [1.807, 2.05) is 28.8 Å². The van der Waals surface area contributed by atoms with Crippen LogP contribution in [0.3, 0.4) is 0 Å². The Morgan fingerprint density at radius 2 is 2.04 bits per heavy atom. The lowest BCUT2D eigenvalue weighted by molar-refractivity contribution is -0.153. The molecule has 0 saturated carbocycles. The van der Waals surface area contributed by atoms with Crippen molar-refractivity contribution in [3.05, 3.63) is 48.4 Å². The number of fused-ring (bicyclic) bond motifs is 3. The zero-order valence-corrected chi connectivity index (χ0v) is 16.0. The molecule has 0 fully saturated rings. The molecule has 28 heavy (non-hydrogen) atoms. The summed E-state index contributed by atoms with van der Waals surface area (Å²) in [5.41, 5.74) is 1.62. The molecule has 0 aliphatic carbocycles. The van der Waals surface area contributed by atoms with Crippen LogP contribution in [0.1, 0.15) is 38.5 Å². The van der Waals surface area contributed by atoms with E-state index in [4.69, 9.17) is 14.1 Å².